The van der Waals surface area contributed by atoms with Crippen LogP contribution in [-0.2, 0) is 11.2 Å². The number of rotatable bonds is 3. The number of hydrogen-bond acceptors (Lipinski definition) is 4. The standard InChI is InChI=1S/C8H11N3OS/c1-4-6-9-10-8(13-6)11(3)7(12)5-2/h5H,2,4H2,1,3H3. The van der Waals surface area contributed by atoms with Crippen molar-refractivity contribution in [3.63, 3.8) is 0 Å². The molecule has 0 spiro atoms. The largest absolute Gasteiger partial charge is 0.286 e. The Labute approximate surface area is 80.9 Å². The molecular weight excluding hydrogens is 186 g/mol. The zero-order valence-electron chi connectivity index (χ0n) is 7.65. The molecule has 0 N–H and O–H groups in total. The number of nitrogens with zero attached hydrogens (tertiary/aromatic N) is 3. The first-order valence-corrected chi connectivity index (χ1v) is 4.73. The van der Waals surface area contributed by atoms with Crippen molar-refractivity contribution in [2.75, 3.05) is 11.9 Å². The van der Waals surface area contributed by atoms with Gasteiger partial charge in [-0.3, -0.25) is 9.69 Å². The number of amides is 1. The van der Waals surface area contributed by atoms with E-state index in [1.165, 1.54) is 22.3 Å². The van der Waals surface area contributed by atoms with Crippen LogP contribution in [0.15, 0.2) is 12.7 Å². The van der Waals surface area contributed by atoms with Crippen molar-refractivity contribution >= 4 is 22.4 Å². The van der Waals surface area contributed by atoms with Gasteiger partial charge in [-0.2, -0.15) is 0 Å². The maximum Gasteiger partial charge on any atom is 0.251 e. The molecule has 0 saturated heterocycles. The van der Waals surface area contributed by atoms with Crippen LogP contribution in [0.4, 0.5) is 5.13 Å². The second kappa shape index (κ2) is 4.13. The Morgan fingerprint density at radius 2 is 2.38 bits per heavy atom. The predicted octanol–water partition coefficient (Wildman–Crippen LogP) is 1.25. The van der Waals surface area contributed by atoms with Gasteiger partial charge in [-0.15, -0.1) is 10.2 Å². The number of carbonyl (C=O) groups is 1. The SMILES string of the molecule is C=CC(=O)N(C)c1nnc(CC)s1. The first-order valence-electron chi connectivity index (χ1n) is 3.91. The van der Waals surface area contributed by atoms with Crippen molar-refractivity contribution in [3.05, 3.63) is 17.7 Å². The van der Waals surface area contributed by atoms with Gasteiger partial charge in [0.2, 0.25) is 5.13 Å². The molecular formula is C8H11N3OS. The smallest absolute Gasteiger partial charge is 0.251 e. The monoisotopic (exact) mass is 197 g/mol. The number of carbonyl (C=O) groups excluding carboxylic acids is 1. The minimum absolute atomic E-state index is 0.168. The number of anilines is 1. The summed E-state index contributed by atoms with van der Waals surface area (Å²) in [7, 11) is 1.66. The van der Waals surface area contributed by atoms with Crippen LogP contribution in [0, 0.1) is 0 Å². The lowest BCUT2D eigenvalue weighted by Crippen LogP contribution is -2.23. The van der Waals surface area contributed by atoms with Gasteiger partial charge in [0.1, 0.15) is 5.01 Å². The van der Waals surface area contributed by atoms with Crippen LogP contribution in [0.1, 0.15) is 11.9 Å². The second-order valence-corrected chi connectivity index (χ2v) is 3.47. The fourth-order valence-corrected chi connectivity index (χ4v) is 1.50. The predicted molar refractivity (Wildman–Crippen MR) is 52.9 cm³/mol. The highest BCUT2D eigenvalue weighted by molar-refractivity contribution is 7.15. The highest BCUT2D eigenvalue weighted by Gasteiger charge is 2.11. The van der Waals surface area contributed by atoms with Crippen molar-refractivity contribution in [1.29, 1.82) is 0 Å². The lowest BCUT2D eigenvalue weighted by molar-refractivity contribution is -0.113. The van der Waals surface area contributed by atoms with Crippen molar-refractivity contribution < 1.29 is 4.79 Å². The van der Waals surface area contributed by atoms with E-state index >= 15 is 0 Å². The number of likely N-dealkylation sites (N-methyl/N-ethyl adjacent to an activating group) is 1. The van der Waals surface area contributed by atoms with Crippen LogP contribution in [0.2, 0.25) is 0 Å². The molecule has 1 aromatic heterocycles. The number of aromatic nitrogens is 2. The molecule has 0 aliphatic carbocycles. The van der Waals surface area contributed by atoms with Crippen molar-refractivity contribution in [2.24, 2.45) is 0 Å². The lowest BCUT2D eigenvalue weighted by Gasteiger charge is -2.08. The quantitative estimate of drug-likeness (QED) is 0.685. The van der Waals surface area contributed by atoms with E-state index in [1.54, 1.807) is 7.05 Å². The van der Waals surface area contributed by atoms with Gasteiger partial charge in [0.25, 0.3) is 5.91 Å². The van der Waals surface area contributed by atoms with Crippen molar-refractivity contribution in [2.45, 2.75) is 13.3 Å². The Morgan fingerprint density at radius 3 is 2.85 bits per heavy atom. The van der Waals surface area contributed by atoms with E-state index in [0.717, 1.165) is 11.4 Å². The van der Waals surface area contributed by atoms with Crippen LogP contribution in [0.5, 0.6) is 0 Å². The molecule has 0 radical (unpaired) electrons. The molecule has 4 nitrogen and oxygen atoms in total. The topological polar surface area (TPSA) is 46.1 Å². The molecule has 0 aliphatic heterocycles. The van der Waals surface area contributed by atoms with E-state index in [9.17, 15) is 4.79 Å². The van der Waals surface area contributed by atoms with Crippen LogP contribution in [-0.4, -0.2) is 23.2 Å². The number of aryl methyl sites for hydroxylation is 1. The van der Waals surface area contributed by atoms with E-state index < -0.39 is 0 Å². The summed E-state index contributed by atoms with van der Waals surface area (Å²) in [5.74, 6) is -0.168. The summed E-state index contributed by atoms with van der Waals surface area (Å²) in [5, 5.41) is 9.34. The second-order valence-electron chi connectivity index (χ2n) is 2.43. The van der Waals surface area contributed by atoms with Crippen LogP contribution >= 0.6 is 11.3 Å². The summed E-state index contributed by atoms with van der Waals surface area (Å²) < 4.78 is 0. The summed E-state index contributed by atoms with van der Waals surface area (Å²) in [4.78, 5) is 12.6. The maximum atomic E-state index is 11.2. The molecule has 13 heavy (non-hydrogen) atoms. The zero-order chi connectivity index (χ0) is 9.84. The third-order valence-corrected chi connectivity index (χ3v) is 2.69. The highest BCUT2D eigenvalue weighted by atomic mass is 32.1. The molecule has 5 heteroatoms. The molecule has 0 fully saturated rings. The van der Waals surface area contributed by atoms with E-state index in [0.29, 0.717) is 5.13 Å². The Kier molecular flexibility index (Phi) is 3.13. The van der Waals surface area contributed by atoms with Gasteiger partial charge >= 0.3 is 0 Å². The van der Waals surface area contributed by atoms with Gasteiger partial charge < -0.3 is 0 Å². The molecule has 0 saturated carbocycles. The fraction of sp³-hybridized carbons (Fsp3) is 0.375. The van der Waals surface area contributed by atoms with E-state index in [1.807, 2.05) is 6.92 Å². The summed E-state index contributed by atoms with van der Waals surface area (Å²) >= 11 is 1.42. The minimum Gasteiger partial charge on any atom is -0.286 e. The molecule has 0 atom stereocenters. The van der Waals surface area contributed by atoms with E-state index in [4.69, 9.17) is 0 Å². The molecule has 1 heterocycles. The lowest BCUT2D eigenvalue weighted by atomic mass is 10.5. The Bertz CT molecular complexity index is 321. The summed E-state index contributed by atoms with van der Waals surface area (Å²) in [6, 6.07) is 0. The molecule has 1 aromatic rings. The molecule has 0 unspecified atom stereocenters. The van der Waals surface area contributed by atoms with E-state index in [2.05, 4.69) is 16.8 Å². The maximum absolute atomic E-state index is 11.2. The molecule has 0 bridgehead atoms. The third kappa shape index (κ3) is 2.12. The first kappa shape index (κ1) is 9.85. The van der Waals surface area contributed by atoms with E-state index in [-0.39, 0.29) is 5.91 Å². The van der Waals surface area contributed by atoms with Crippen LogP contribution in [0.3, 0.4) is 0 Å². The average Bonchev–Trinajstić information content (AvgIpc) is 2.63. The molecule has 1 amide bonds. The fourth-order valence-electron chi connectivity index (χ4n) is 0.754. The molecule has 70 valence electrons. The van der Waals surface area contributed by atoms with Gasteiger partial charge in [0.15, 0.2) is 0 Å². The summed E-state index contributed by atoms with van der Waals surface area (Å²) in [6.07, 6.45) is 2.10. The van der Waals surface area contributed by atoms with Gasteiger partial charge in [0, 0.05) is 7.05 Å². The Morgan fingerprint density at radius 1 is 1.69 bits per heavy atom. The Hall–Kier alpha value is -1.23. The summed E-state index contributed by atoms with van der Waals surface area (Å²) in [5.41, 5.74) is 0. The normalized spacial score (nSPS) is 9.69. The third-order valence-electron chi connectivity index (χ3n) is 1.55. The van der Waals surface area contributed by atoms with Crippen LogP contribution < -0.4 is 4.90 Å². The minimum atomic E-state index is -0.168. The van der Waals surface area contributed by atoms with Crippen LogP contribution in [0.25, 0.3) is 0 Å². The molecule has 0 aliphatic rings. The van der Waals surface area contributed by atoms with Gasteiger partial charge in [-0.05, 0) is 12.5 Å². The number of hydrogen-bond donors (Lipinski definition) is 0. The Balaban J connectivity index is 2.82. The van der Waals surface area contributed by atoms with Gasteiger partial charge in [-0.1, -0.05) is 24.8 Å². The van der Waals surface area contributed by atoms with Gasteiger partial charge in [0.05, 0.1) is 0 Å². The first-order chi connectivity index (χ1) is 6.19. The van der Waals surface area contributed by atoms with Crippen molar-refractivity contribution in [1.82, 2.24) is 10.2 Å². The summed E-state index contributed by atoms with van der Waals surface area (Å²) in [6.45, 7) is 5.40. The average molecular weight is 197 g/mol. The zero-order valence-corrected chi connectivity index (χ0v) is 8.47. The van der Waals surface area contributed by atoms with Crippen molar-refractivity contribution in [3.8, 4) is 0 Å². The van der Waals surface area contributed by atoms with Gasteiger partial charge in [-0.25, -0.2) is 0 Å². The molecule has 0 aromatic carbocycles. The highest BCUT2D eigenvalue weighted by Crippen LogP contribution is 2.19. The molecule has 1 rings (SSSR count).